The molecule has 4 rings (SSSR count). The molecule has 1 aliphatic carbocycles. The van der Waals surface area contributed by atoms with Gasteiger partial charge < -0.3 is 24.3 Å². The third-order valence-electron chi connectivity index (χ3n) is 5.34. The van der Waals surface area contributed by atoms with Crippen LogP contribution >= 0.6 is 0 Å². The van der Waals surface area contributed by atoms with Gasteiger partial charge in [0.25, 0.3) is 5.56 Å². The Morgan fingerprint density at radius 3 is 2.93 bits per heavy atom. The maximum atomic E-state index is 12.5. The van der Waals surface area contributed by atoms with E-state index in [1.165, 1.54) is 4.57 Å². The number of H-pyrrole nitrogens is 1. The quantitative estimate of drug-likeness (QED) is 0.614. The first-order valence-electron chi connectivity index (χ1n) is 9.91. The summed E-state index contributed by atoms with van der Waals surface area (Å²) >= 11 is 0. The van der Waals surface area contributed by atoms with Crippen LogP contribution in [0, 0.1) is 0 Å². The van der Waals surface area contributed by atoms with Crippen molar-refractivity contribution in [1.29, 1.82) is 0 Å². The van der Waals surface area contributed by atoms with Crippen LogP contribution in [0.3, 0.4) is 0 Å². The van der Waals surface area contributed by atoms with Crippen LogP contribution in [-0.4, -0.2) is 35.2 Å². The zero-order chi connectivity index (χ0) is 20.2. The molecular formula is C22H25N3O4. The number of methoxy groups -OCH3 is 1. The second kappa shape index (κ2) is 8.43. The Bertz CT molecular complexity index is 1070. The van der Waals surface area contributed by atoms with Crippen LogP contribution in [0.25, 0.3) is 10.9 Å². The molecule has 7 heteroatoms. The van der Waals surface area contributed by atoms with E-state index in [0.717, 1.165) is 41.5 Å². The SMILES string of the molecule is COc1ccc2[nH]cc(CCNC(=O)Cn3cccc(OC4CCC4)c3=O)c2c1. The van der Waals surface area contributed by atoms with Gasteiger partial charge in [-0.05, 0) is 61.6 Å². The fourth-order valence-corrected chi connectivity index (χ4v) is 3.44. The summed E-state index contributed by atoms with van der Waals surface area (Å²) in [6, 6.07) is 9.27. The molecule has 0 spiro atoms. The molecule has 0 atom stereocenters. The van der Waals surface area contributed by atoms with Crippen molar-refractivity contribution >= 4 is 16.8 Å². The summed E-state index contributed by atoms with van der Waals surface area (Å²) in [4.78, 5) is 28.0. The number of hydrogen-bond acceptors (Lipinski definition) is 4. The van der Waals surface area contributed by atoms with E-state index in [1.807, 2.05) is 24.4 Å². The molecular weight excluding hydrogens is 370 g/mol. The van der Waals surface area contributed by atoms with Gasteiger partial charge in [-0.2, -0.15) is 0 Å². The molecule has 1 fully saturated rings. The molecule has 2 heterocycles. The maximum Gasteiger partial charge on any atom is 0.293 e. The second-order valence-corrected chi connectivity index (χ2v) is 7.30. The van der Waals surface area contributed by atoms with Crippen molar-refractivity contribution in [2.45, 2.75) is 38.3 Å². The lowest BCUT2D eigenvalue weighted by molar-refractivity contribution is -0.121. The van der Waals surface area contributed by atoms with E-state index in [2.05, 4.69) is 10.3 Å². The number of nitrogens with one attached hydrogen (secondary N) is 2. The molecule has 7 nitrogen and oxygen atoms in total. The Morgan fingerprint density at radius 2 is 2.17 bits per heavy atom. The summed E-state index contributed by atoms with van der Waals surface area (Å²) in [5.41, 5.74) is 1.87. The van der Waals surface area contributed by atoms with Crippen molar-refractivity contribution in [2.24, 2.45) is 0 Å². The molecule has 1 amide bonds. The van der Waals surface area contributed by atoms with Crippen molar-refractivity contribution in [2.75, 3.05) is 13.7 Å². The predicted octanol–water partition coefficient (Wildman–Crippen LogP) is 2.63. The average Bonchev–Trinajstić information content (AvgIpc) is 3.09. The first-order chi connectivity index (χ1) is 14.1. The third kappa shape index (κ3) is 4.29. The van der Waals surface area contributed by atoms with Crippen molar-refractivity contribution < 1.29 is 14.3 Å². The van der Waals surface area contributed by atoms with Gasteiger partial charge in [-0.1, -0.05) is 0 Å². The van der Waals surface area contributed by atoms with E-state index in [9.17, 15) is 9.59 Å². The van der Waals surface area contributed by atoms with E-state index in [0.29, 0.717) is 18.7 Å². The van der Waals surface area contributed by atoms with Crippen LogP contribution in [0.5, 0.6) is 11.5 Å². The summed E-state index contributed by atoms with van der Waals surface area (Å²) < 4.78 is 12.4. The highest BCUT2D eigenvalue weighted by Gasteiger charge is 2.20. The fourth-order valence-electron chi connectivity index (χ4n) is 3.44. The van der Waals surface area contributed by atoms with Gasteiger partial charge in [0.15, 0.2) is 5.75 Å². The van der Waals surface area contributed by atoms with Crippen LogP contribution in [0.15, 0.2) is 47.5 Å². The van der Waals surface area contributed by atoms with Crippen molar-refractivity contribution in [3.63, 3.8) is 0 Å². The highest BCUT2D eigenvalue weighted by molar-refractivity contribution is 5.84. The van der Waals surface area contributed by atoms with Gasteiger partial charge in [-0.3, -0.25) is 9.59 Å². The minimum absolute atomic E-state index is 0.0254. The van der Waals surface area contributed by atoms with Gasteiger partial charge in [-0.25, -0.2) is 0 Å². The largest absolute Gasteiger partial charge is 0.497 e. The van der Waals surface area contributed by atoms with Crippen LogP contribution < -0.4 is 20.3 Å². The van der Waals surface area contributed by atoms with Crippen LogP contribution in [0.4, 0.5) is 0 Å². The first kappa shape index (κ1) is 19.1. The van der Waals surface area contributed by atoms with Gasteiger partial charge in [0.1, 0.15) is 12.3 Å². The number of carbonyl (C=O) groups is 1. The Kier molecular flexibility index (Phi) is 5.55. The number of benzene rings is 1. The summed E-state index contributed by atoms with van der Waals surface area (Å²) in [7, 11) is 1.64. The molecule has 3 aromatic rings. The van der Waals surface area contributed by atoms with Gasteiger partial charge >= 0.3 is 0 Å². The van der Waals surface area contributed by atoms with E-state index >= 15 is 0 Å². The number of amides is 1. The molecule has 0 saturated heterocycles. The van der Waals surface area contributed by atoms with E-state index in [4.69, 9.17) is 9.47 Å². The minimum Gasteiger partial charge on any atom is -0.497 e. The molecule has 152 valence electrons. The third-order valence-corrected chi connectivity index (χ3v) is 5.34. The van der Waals surface area contributed by atoms with E-state index < -0.39 is 0 Å². The molecule has 1 aliphatic rings. The average molecular weight is 395 g/mol. The molecule has 0 unspecified atom stereocenters. The summed E-state index contributed by atoms with van der Waals surface area (Å²) in [6.45, 7) is 0.457. The molecule has 2 aromatic heterocycles. The Hall–Kier alpha value is -3.22. The Labute approximate surface area is 168 Å². The predicted molar refractivity (Wildman–Crippen MR) is 111 cm³/mol. The van der Waals surface area contributed by atoms with Gasteiger partial charge in [0, 0.05) is 29.8 Å². The van der Waals surface area contributed by atoms with E-state index in [1.54, 1.807) is 25.4 Å². The lowest BCUT2D eigenvalue weighted by Gasteiger charge is -2.26. The normalized spacial score (nSPS) is 13.8. The standard InChI is InChI=1S/C22H25N3O4/c1-28-17-7-8-19-18(12-17)15(13-24-19)9-10-23-21(26)14-25-11-3-6-20(22(25)27)29-16-4-2-5-16/h3,6-8,11-13,16,24H,2,4-5,9-10,14H2,1H3,(H,23,26). The summed E-state index contributed by atoms with van der Waals surface area (Å²) in [5, 5.41) is 3.97. The smallest absolute Gasteiger partial charge is 0.293 e. The summed E-state index contributed by atoms with van der Waals surface area (Å²) in [5.74, 6) is 0.911. The van der Waals surface area contributed by atoms with Crippen LogP contribution in [0.1, 0.15) is 24.8 Å². The Morgan fingerprint density at radius 1 is 1.31 bits per heavy atom. The zero-order valence-electron chi connectivity index (χ0n) is 16.4. The van der Waals surface area contributed by atoms with Crippen molar-refractivity contribution in [3.05, 3.63) is 58.6 Å². The van der Waals surface area contributed by atoms with E-state index in [-0.39, 0.29) is 24.1 Å². The molecule has 1 aromatic carbocycles. The zero-order valence-corrected chi connectivity index (χ0v) is 16.4. The molecule has 1 saturated carbocycles. The fraction of sp³-hybridized carbons (Fsp3) is 0.364. The topological polar surface area (TPSA) is 85.3 Å². The first-order valence-corrected chi connectivity index (χ1v) is 9.91. The lowest BCUT2D eigenvalue weighted by atomic mass is 9.96. The number of aromatic amines is 1. The minimum atomic E-state index is -0.265. The van der Waals surface area contributed by atoms with Crippen molar-refractivity contribution in [1.82, 2.24) is 14.9 Å². The molecule has 0 bridgehead atoms. The number of rotatable bonds is 8. The number of ether oxygens (including phenoxy) is 2. The van der Waals surface area contributed by atoms with Gasteiger partial charge in [-0.15, -0.1) is 0 Å². The molecule has 0 aliphatic heterocycles. The molecule has 29 heavy (non-hydrogen) atoms. The molecule has 2 N–H and O–H groups in total. The molecule has 0 radical (unpaired) electrons. The maximum absolute atomic E-state index is 12.5. The number of nitrogens with zero attached hydrogens (tertiary/aromatic N) is 1. The Balaban J connectivity index is 1.34. The summed E-state index contributed by atoms with van der Waals surface area (Å²) in [6.07, 6.45) is 7.46. The highest BCUT2D eigenvalue weighted by Crippen LogP contribution is 2.24. The number of hydrogen-bond donors (Lipinski definition) is 2. The monoisotopic (exact) mass is 395 g/mol. The second-order valence-electron chi connectivity index (χ2n) is 7.30. The lowest BCUT2D eigenvalue weighted by Crippen LogP contribution is -2.34. The number of carbonyl (C=O) groups excluding carboxylic acids is 1. The van der Waals surface area contributed by atoms with Crippen molar-refractivity contribution in [3.8, 4) is 11.5 Å². The highest BCUT2D eigenvalue weighted by atomic mass is 16.5. The van der Waals surface area contributed by atoms with Gasteiger partial charge in [0.05, 0.1) is 13.2 Å². The van der Waals surface area contributed by atoms with Crippen LogP contribution in [0.2, 0.25) is 0 Å². The number of pyridine rings is 1. The number of aromatic nitrogens is 2. The van der Waals surface area contributed by atoms with Crippen LogP contribution in [-0.2, 0) is 17.8 Å². The van der Waals surface area contributed by atoms with Gasteiger partial charge in [0.2, 0.25) is 5.91 Å². The number of fused-ring (bicyclic) bond motifs is 1.